The van der Waals surface area contributed by atoms with Crippen molar-refractivity contribution in [2.24, 2.45) is 0 Å². The zero-order valence-corrected chi connectivity index (χ0v) is 15.2. The molecule has 0 aliphatic heterocycles. The van der Waals surface area contributed by atoms with Crippen LogP contribution in [-0.2, 0) is 6.42 Å². The molecule has 0 fully saturated rings. The molecule has 5 heteroatoms. The second kappa shape index (κ2) is 9.21. The molecule has 140 valence electrons. The Labute approximate surface area is 158 Å². The number of nitrogens with zero attached hydrogens (tertiary/aromatic N) is 2. The lowest BCUT2D eigenvalue weighted by atomic mass is 10.0. The normalized spacial score (nSPS) is 11.0. The van der Waals surface area contributed by atoms with E-state index in [0.717, 1.165) is 35.1 Å². The zero-order valence-electron chi connectivity index (χ0n) is 15.2. The fourth-order valence-corrected chi connectivity index (χ4v) is 2.85. The third-order valence-corrected chi connectivity index (χ3v) is 4.33. The molecule has 0 saturated carbocycles. The largest absolute Gasteiger partial charge is 0.435 e. The van der Waals surface area contributed by atoms with Crippen LogP contribution in [0.2, 0.25) is 0 Å². The minimum absolute atomic E-state index is 0.151. The fraction of sp³-hybridized carbons (Fsp3) is 0.273. The van der Waals surface area contributed by atoms with Crippen molar-refractivity contribution in [3.63, 3.8) is 0 Å². The van der Waals surface area contributed by atoms with Gasteiger partial charge in [0, 0.05) is 18.0 Å². The number of aromatic nitrogens is 2. The summed E-state index contributed by atoms with van der Waals surface area (Å²) in [5.41, 5.74) is 4.01. The molecule has 3 nitrogen and oxygen atoms in total. The van der Waals surface area contributed by atoms with Gasteiger partial charge in [-0.15, -0.1) is 0 Å². The molecule has 0 radical (unpaired) electrons. The summed E-state index contributed by atoms with van der Waals surface area (Å²) >= 11 is 0. The number of benzene rings is 2. The van der Waals surface area contributed by atoms with E-state index in [0.29, 0.717) is 5.82 Å². The van der Waals surface area contributed by atoms with Gasteiger partial charge < -0.3 is 4.74 Å². The Balaban J connectivity index is 1.68. The Bertz CT molecular complexity index is 832. The van der Waals surface area contributed by atoms with Gasteiger partial charge in [-0.2, -0.15) is 8.78 Å². The predicted octanol–water partition coefficient (Wildman–Crippen LogP) is 6.14. The highest BCUT2D eigenvalue weighted by molar-refractivity contribution is 5.68. The number of hydrogen-bond donors (Lipinski definition) is 0. The Morgan fingerprint density at radius 3 is 1.93 bits per heavy atom. The molecule has 0 atom stereocenters. The summed E-state index contributed by atoms with van der Waals surface area (Å²) in [6.45, 7) is -0.623. The molecule has 0 aliphatic carbocycles. The highest BCUT2D eigenvalue weighted by Gasteiger charge is 2.06. The summed E-state index contributed by atoms with van der Waals surface area (Å²) in [5, 5.41) is 0. The second-order valence-corrected chi connectivity index (χ2v) is 6.35. The number of rotatable bonds is 8. The number of hydrogen-bond acceptors (Lipinski definition) is 3. The average Bonchev–Trinajstić information content (AvgIpc) is 2.69. The third-order valence-electron chi connectivity index (χ3n) is 4.33. The molecule has 1 heterocycles. The van der Waals surface area contributed by atoms with E-state index in [1.165, 1.54) is 25.0 Å². The summed E-state index contributed by atoms with van der Waals surface area (Å²) in [5.74, 6) is 0.847. The Kier molecular flexibility index (Phi) is 6.47. The van der Waals surface area contributed by atoms with Gasteiger partial charge in [-0.25, -0.2) is 9.97 Å². The first kappa shape index (κ1) is 19.0. The van der Waals surface area contributed by atoms with Gasteiger partial charge in [-0.05, 0) is 41.7 Å². The van der Waals surface area contributed by atoms with Crippen molar-refractivity contribution < 1.29 is 13.5 Å². The molecule has 1 aromatic heterocycles. The van der Waals surface area contributed by atoms with Gasteiger partial charge in [-0.3, -0.25) is 0 Å². The van der Waals surface area contributed by atoms with Gasteiger partial charge in [0.25, 0.3) is 0 Å². The summed E-state index contributed by atoms with van der Waals surface area (Å²) < 4.78 is 28.8. The monoisotopic (exact) mass is 368 g/mol. The maximum absolute atomic E-state index is 12.2. The van der Waals surface area contributed by atoms with Crippen LogP contribution < -0.4 is 4.74 Å². The highest BCUT2D eigenvalue weighted by atomic mass is 19.3. The van der Waals surface area contributed by atoms with Crippen molar-refractivity contribution in [1.29, 1.82) is 0 Å². The SMILES string of the molecule is CCCCCc1cnc(-c2ccc(-c3ccc(OC(F)F)cc3)cc2)nc1. The van der Waals surface area contributed by atoms with Crippen LogP contribution >= 0.6 is 0 Å². The summed E-state index contributed by atoms with van der Waals surface area (Å²) in [7, 11) is 0. The molecule has 27 heavy (non-hydrogen) atoms. The van der Waals surface area contributed by atoms with Crippen LogP contribution in [0.3, 0.4) is 0 Å². The van der Waals surface area contributed by atoms with Crippen molar-refractivity contribution in [2.45, 2.75) is 39.2 Å². The first-order chi connectivity index (χ1) is 13.2. The minimum Gasteiger partial charge on any atom is -0.435 e. The lowest BCUT2D eigenvalue weighted by molar-refractivity contribution is -0.0498. The Hall–Kier alpha value is -2.82. The van der Waals surface area contributed by atoms with Crippen molar-refractivity contribution in [2.75, 3.05) is 0 Å². The van der Waals surface area contributed by atoms with Gasteiger partial charge in [0.15, 0.2) is 5.82 Å². The molecule has 0 bridgehead atoms. The molecule has 3 aromatic rings. The summed E-state index contributed by atoms with van der Waals surface area (Å²) in [4.78, 5) is 8.94. The molecule has 3 rings (SSSR count). The van der Waals surface area contributed by atoms with Crippen LogP contribution in [0.4, 0.5) is 8.78 Å². The lowest BCUT2D eigenvalue weighted by Crippen LogP contribution is -2.01. The van der Waals surface area contributed by atoms with Crippen LogP contribution in [0.5, 0.6) is 5.75 Å². The van der Waals surface area contributed by atoms with Crippen LogP contribution in [0.25, 0.3) is 22.5 Å². The van der Waals surface area contributed by atoms with E-state index in [-0.39, 0.29) is 5.75 Å². The van der Waals surface area contributed by atoms with Crippen molar-refractivity contribution >= 4 is 0 Å². The Morgan fingerprint density at radius 2 is 1.37 bits per heavy atom. The number of aryl methyl sites for hydroxylation is 1. The van der Waals surface area contributed by atoms with E-state index in [1.807, 2.05) is 36.7 Å². The molecule has 0 amide bonds. The smallest absolute Gasteiger partial charge is 0.387 e. The third kappa shape index (κ3) is 5.33. The predicted molar refractivity (Wildman–Crippen MR) is 103 cm³/mol. The van der Waals surface area contributed by atoms with E-state index in [4.69, 9.17) is 0 Å². The molecular formula is C22H22F2N2O. The number of halogens is 2. The van der Waals surface area contributed by atoms with Gasteiger partial charge >= 0.3 is 6.61 Å². The summed E-state index contributed by atoms with van der Waals surface area (Å²) in [6, 6.07) is 14.5. The fourth-order valence-electron chi connectivity index (χ4n) is 2.85. The van der Waals surface area contributed by atoms with E-state index >= 15 is 0 Å². The van der Waals surface area contributed by atoms with Gasteiger partial charge in [0.05, 0.1) is 0 Å². The molecule has 0 unspecified atom stereocenters. The van der Waals surface area contributed by atoms with Crippen LogP contribution in [-0.4, -0.2) is 16.6 Å². The van der Waals surface area contributed by atoms with E-state index < -0.39 is 6.61 Å². The number of alkyl halides is 2. The van der Waals surface area contributed by atoms with Crippen molar-refractivity contribution in [3.05, 3.63) is 66.5 Å². The van der Waals surface area contributed by atoms with Crippen LogP contribution in [0.1, 0.15) is 31.7 Å². The maximum Gasteiger partial charge on any atom is 0.387 e. The topological polar surface area (TPSA) is 35.0 Å². The quantitative estimate of drug-likeness (QED) is 0.448. The van der Waals surface area contributed by atoms with Crippen molar-refractivity contribution in [1.82, 2.24) is 9.97 Å². The summed E-state index contributed by atoms with van der Waals surface area (Å²) in [6.07, 6.45) is 8.39. The van der Waals surface area contributed by atoms with Crippen molar-refractivity contribution in [3.8, 4) is 28.3 Å². The van der Waals surface area contributed by atoms with Crippen LogP contribution in [0.15, 0.2) is 60.9 Å². The maximum atomic E-state index is 12.2. The molecule has 0 aliphatic rings. The minimum atomic E-state index is -2.81. The molecule has 0 saturated heterocycles. The molecule has 2 aromatic carbocycles. The first-order valence-corrected chi connectivity index (χ1v) is 9.12. The van der Waals surface area contributed by atoms with Gasteiger partial charge in [0.2, 0.25) is 0 Å². The number of unbranched alkanes of at least 4 members (excludes halogenated alkanes) is 2. The standard InChI is InChI=1S/C22H22F2N2O/c1-2-3-4-5-16-14-25-21(26-15-16)19-8-6-17(7-9-19)18-10-12-20(13-11-18)27-22(23)24/h6-15,22H,2-5H2,1H3. The van der Waals surface area contributed by atoms with Gasteiger partial charge in [-0.1, -0.05) is 56.2 Å². The second-order valence-electron chi connectivity index (χ2n) is 6.35. The van der Waals surface area contributed by atoms with E-state index in [1.54, 1.807) is 12.1 Å². The number of ether oxygens (including phenoxy) is 1. The van der Waals surface area contributed by atoms with Crippen LogP contribution in [0, 0.1) is 0 Å². The average molecular weight is 368 g/mol. The highest BCUT2D eigenvalue weighted by Crippen LogP contribution is 2.25. The van der Waals surface area contributed by atoms with Gasteiger partial charge in [0.1, 0.15) is 5.75 Å². The zero-order chi connectivity index (χ0) is 19.1. The first-order valence-electron chi connectivity index (χ1n) is 9.12. The van der Waals surface area contributed by atoms with E-state index in [2.05, 4.69) is 21.6 Å². The Morgan fingerprint density at radius 1 is 0.815 bits per heavy atom. The molecule has 0 spiro atoms. The molecular weight excluding hydrogens is 346 g/mol. The lowest BCUT2D eigenvalue weighted by Gasteiger charge is -2.07. The molecule has 0 N–H and O–H groups in total. The van der Waals surface area contributed by atoms with E-state index in [9.17, 15) is 8.78 Å².